The summed E-state index contributed by atoms with van der Waals surface area (Å²) in [5.41, 5.74) is 0.676. The molecule has 1 heterocycles. The first kappa shape index (κ1) is 18.7. The quantitative estimate of drug-likeness (QED) is 0.797. The summed E-state index contributed by atoms with van der Waals surface area (Å²) in [6.07, 6.45) is 7.91. The summed E-state index contributed by atoms with van der Waals surface area (Å²) < 4.78 is 5.61. The van der Waals surface area contributed by atoms with Gasteiger partial charge in [-0.05, 0) is 31.9 Å². The zero-order chi connectivity index (χ0) is 18.4. The minimum atomic E-state index is -0.236. The number of rotatable bonds is 5. The lowest BCUT2D eigenvalue weighted by atomic mass is 9.96. The highest BCUT2D eigenvalue weighted by molar-refractivity contribution is 5.94. The van der Waals surface area contributed by atoms with Gasteiger partial charge >= 0.3 is 6.09 Å². The van der Waals surface area contributed by atoms with Crippen molar-refractivity contribution in [2.24, 2.45) is 0 Å². The van der Waals surface area contributed by atoms with Gasteiger partial charge in [0.15, 0.2) is 0 Å². The molecule has 0 bridgehead atoms. The minimum absolute atomic E-state index is 0.00597. The van der Waals surface area contributed by atoms with Crippen LogP contribution in [0.25, 0.3) is 0 Å². The van der Waals surface area contributed by atoms with E-state index < -0.39 is 0 Å². The highest BCUT2D eigenvalue weighted by atomic mass is 16.6. The number of carbonyl (C=O) groups excluding carboxylic acids is 2. The number of nitrogens with zero attached hydrogens (tertiary/aromatic N) is 2. The second-order valence-electron chi connectivity index (χ2n) is 7.37. The molecule has 5 heteroatoms. The molecule has 26 heavy (non-hydrogen) atoms. The number of likely N-dealkylation sites (N-methyl/N-ethyl adjacent to an activating group) is 1. The average molecular weight is 358 g/mol. The molecule has 5 nitrogen and oxygen atoms in total. The Kier molecular flexibility index (Phi) is 6.53. The van der Waals surface area contributed by atoms with Crippen molar-refractivity contribution in [1.82, 2.24) is 9.80 Å². The molecule has 0 radical (unpaired) electrons. The molecule has 142 valence electrons. The normalized spacial score (nSPS) is 21.8. The van der Waals surface area contributed by atoms with Gasteiger partial charge in [0.05, 0.1) is 13.1 Å². The SMILES string of the molecule is CCN(C[C@@H]1CN(C2CCCCCCC2)C(=O)O1)C(=O)c1ccccc1. The van der Waals surface area contributed by atoms with Crippen LogP contribution in [0.2, 0.25) is 0 Å². The van der Waals surface area contributed by atoms with E-state index in [1.165, 1.54) is 32.1 Å². The number of amides is 2. The summed E-state index contributed by atoms with van der Waals surface area (Å²) in [6, 6.07) is 9.59. The minimum Gasteiger partial charge on any atom is -0.442 e. The van der Waals surface area contributed by atoms with Crippen LogP contribution >= 0.6 is 0 Å². The highest BCUT2D eigenvalue weighted by Crippen LogP contribution is 2.25. The third-order valence-electron chi connectivity index (χ3n) is 5.53. The van der Waals surface area contributed by atoms with Gasteiger partial charge in [-0.2, -0.15) is 0 Å². The highest BCUT2D eigenvalue weighted by Gasteiger charge is 2.37. The number of benzene rings is 1. The predicted octanol–water partition coefficient (Wildman–Crippen LogP) is 4.08. The Morgan fingerprint density at radius 3 is 2.42 bits per heavy atom. The molecule has 0 unspecified atom stereocenters. The molecule has 0 aromatic heterocycles. The fourth-order valence-electron chi connectivity index (χ4n) is 4.05. The maximum atomic E-state index is 12.7. The van der Waals surface area contributed by atoms with Crippen LogP contribution < -0.4 is 0 Å². The molecule has 2 aliphatic rings. The van der Waals surface area contributed by atoms with E-state index in [4.69, 9.17) is 4.74 Å². The number of hydrogen-bond acceptors (Lipinski definition) is 3. The maximum absolute atomic E-state index is 12.7. The van der Waals surface area contributed by atoms with Crippen molar-refractivity contribution in [1.29, 1.82) is 0 Å². The zero-order valence-corrected chi connectivity index (χ0v) is 15.7. The zero-order valence-electron chi connectivity index (χ0n) is 15.7. The van der Waals surface area contributed by atoms with Crippen molar-refractivity contribution in [3.63, 3.8) is 0 Å². The van der Waals surface area contributed by atoms with Gasteiger partial charge in [0.1, 0.15) is 6.10 Å². The van der Waals surface area contributed by atoms with E-state index in [1.54, 1.807) is 4.90 Å². The number of cyclic esters (lactones) is 1. The van der Waals surface area contributed by atoms with Crippen molar-refractivity contribution in [2.45, 2.75) is 64.0 Å². The van der Waals surface area contributed by atoms with Crippen LogP contribution in [-0.4, -0.2) is 53.6 Å². The van der Waals surface area contributed by atoms with Crippen LogP contribution in [0, 0.1) is 0 Å². The van der Waals surface area contributed by atoms with Crippen molar-refractivity contribution >= 4 is 12.0 Å². The Morgan fingerprint density at radius 1 is 1.12 bits per heavy atom. The number of ether oxygens (including phenoxy) is 1. The lowest BCUT2D eigenvalue weighted by molar-refractivity contribution is 0.0651. The van der Waals surface area contributed by atoms with Gasteiger partial charge in [0, 0.05) is 18.2 Å². The molecule has 0 N–H and O–H groups in total. The van der Waals surface area contributed by atoms with E-state index in [-0.39, 0.29) is 18.1 Å². The smallest absolute Gasteiger partial charge is 0.410 e. The Morgan fingerprint density at radius 2 is 1.77 bits per heavy atom. The third kappa shape index (κ3) is 4.57. The van der Waals surface area contributed by atoms with E-state index in [9.17, 15) is 9.59 Å². The van der Waals surface area contributed by atoms with Gasteiger partial charge in [-0.25, -0.2) is 4.79 Å². The van der Waals surface area contributed by atoms with Gasteiger partial charge in [-0.3, -0.25) is 4.79 Å². The molecule has 3 rings (SSSR count). The lowest BCUT2D eigenvalue weighted by Gasteiger charge is -2.28. The summed E-state index contributed by atoms with van der Waals surface area (Å²) >= 11 is 0. The fraction of sp³-hybridized carbons (Fsp3) is 0.619. The first-order chi connectivity index (χ1) is 12.7. The molecule has 1 aliphatic heterocycles. The molecular formula is C21H30N2O3. The predicted molar refractivity (Wildman–Crippen MR) is 101 cm³/mol. The molecule has 2 fully saturated rings. The standard InChI is InChI=1S/C21H30N2O3/c1-2-22(20(24)17-11-7-6-8-12-17)15-19-16-23(21(25)26-19)18-13-9-4-3-5-10-14-18/h6-8,11-12,18-19H,2-5,9-10,13-16H2,1H3/t19-/m1/s1. The largest absolute Gasteiger partial charge is 0.442 e. The molecule has 1 saturated heterocycles. The van der Waals surface area contributed by atoms with Crippen LogP contribution in [-0.2, 0) is 4.74 Å². The van der Waals surface area contributed by atoms with Crippen LogP contribution in [0.3, 0.4) is 0 Å². The number of hydrogen-bond donors (Lipinski definition) is 0. The Balaban J connectivity index is 1.59. The average Bonchev–Trinajstić information content (AvgIpc) is 3.00. The Labute approximate surface area is 156 Å². The molecule has 0 spiro atoms. The van der Waals surface area contributed by atoms with Crippen LogP contribution in [0.4, 0.5) is 4.79 Å². The molecule has 2 amide bonds. The second-order valence-corrected chi connectivity index (χ2v) is 7.37. The summed E-state index contributed by atoms with van der Waals surface area (Å²) in [5.74, 6) is -0.00597. The molecule has 1 aliphatic carbocycles. The third-order valence-corrected chi connectivity index (χ3v) is 5.53. The second kappa shape index (κ2) is 9.06. The molecule has 1 saturated carbocycles. The van der Waals surface area contributed by atoms with Gasteiger partial charge < -0.3 is 14.5 Å². The first-order valence-electron chi connectivity index (χ1n) is 10.0. The molecule has 1 atom stereocenters. The van der Waals surface area contributed by atoms with E-state index in [0.29, 0.717) is 31.2 Å². The number of carbonyl (C=O) groups is 2. The lowest BCUT2D eigenvalue weighted by Crippen LogP contribution is -2.40. The van der Waals surface area contributed by atoms with Crippen molar-refractivity contribution in [3.05, 3.63) is 35.9 Å². The van der Waals surface area contributed by atoms with Crippen LogP contribution in [0.15, 0.2) is 30.3 Å². The Hall–Kier alpha value is -2.04. The molecular weight excluding hydrogens is 328 g/mol. The van der Waals surface area contributed by atoms with E-state index >= 15 is 0 Å². The fourth-order valence-corrected chi connectivity index (χ4v) is 4.05. The Bertz CT molecular complexity index is 597. The topological polar surface area (TPSA) is 49.9 Å². The first-order valence-corrected chi connectivity index (χ1v) is 10.0. The summed E-state index contributed by atoms with van der Waals surface area (Å²) in [7, 11) is 0. The summed E-state index contributed by atoms with van der Waals surface area (Å²) in [4.78, 5) is 28.8. The van der Waals surface area contributed by atoms with Gasteiger partial charge in [0.2, 0.25) is 0 Å². The van der Waals surface area contributed by atoms with Crippen LogP contribution in [0.1, 0.15) is 62.2 Å². The van der Waals surface area contributed by atoms with Crippen molar-refractivity contribution < 1.29 is 14.3 Å². The monoisotopic (exact) mass is 358 g/mol. The molecule has 1 aromatic carbocycles. The maximum Gasteiger partial charge on any atom is 0.410 e. The van der Waals surface area contributed by atoms with Crippen molar-refractivity contribution in [2.75, 3.05) is 19.6 Å². The van der Waals surface area contributed by atoms with Gasteiger partial charge in [-0.15, -0.1) is 0 Å². The molecule has 1 aromatic rings. The van der Waals surface area contributed by atoms with Gasteiger partial charge in [-0.1, -0.05) is 50.3 Å². The van der Waals surface area contributed by atoms with Crippen LogP contribution in [0.5, 0.6) is 0 Å². The van der Waals surface area contributed by atoms with E-state index in [1.807, 2.05) is 42.2 Å². The van der Waals surface area contributed by atoms with E-state index in [0.717, 1.165) is 12.8 Å². The van der Waals surface area contributed by atoms with E-state index in [2.05, 4.69) is 0 Å². The van der Waals surface area contributed by atoms with Gasteiger partial charge in [0.25, 0.3) is 5.91 Å². The summed E-state index contributed by atoms with van der Waals surface area (Å²) in [5, 5.41) is 0. The summed E-state index contributed by atoms with van der Waals surface area (Å²) in [6.45, 7) is 3.62. The van der Waals surface area contributed by atoms with Crippen molar-refractivity contribution in [3.8, 4) is 0 Å².